The zero-order valence-electron chi connectivity index (χ0n) is 6.70. The first-order chi connectivity index (χ1) is 5.83. The van der Waals surface area contributed by atoms with Gasteiger partial charge in [0.2, 0.25) is 0 Å². The van der Waals surface area contributed by atoms with Crippen LogP contribution in [0.15, 0.2) is 40.6 Å². The van der Waals surface area contributed by atoms with Crippen LogP contribution < -0.4 is 5.73 Å². The average Bonchev–Trinajstić information content (AvgIpc) is 2.17. The van der Waals surface area contributed by atoms with E-state index >= 15 is 0 Å². The number of nitrogens with one attached hydrogen (secondary N) is 1. The zero-order valence-corrected chi connectivity index (χ0v) is 6.70. The van der Waals surface area contributed by atoms with E-state index in [4.69, 9.17) is 11.1 Å². The quantitative estimate of drug-likeness (QED) is 0.555. The first-order valence-corrected chi connectivity index (χ1v) is 3.67. The Morgan fingerprint density at radius 2 is 2.42 bits per heavy atom. The van der Waals surface area contributed by atoms with E-state index in [1.165, 1.54) is 6.21 Å². The second kappa shape index (κ2) is 4.28. The van der Waals surface area contributed by atoms with Crippen molar-refractivity contribution in [3.63, 3.8) is 0 Å². The summed E-state index contributed by atoms with van der Waals surface area (Å²) >= 11 is 0. The van der Waals surface area contributed by atoms with Crippen LogP contribution in [0.4, 0.5) is 0 Å². The number of aliphatic imine (C=N–C) groups is 1. The molecule has 0 radical (unpaired) electrons. The van der Waals surface area contributed by atoms with Crippen LogP contribution in [0.1, 0.15) is 0 Å². The number of hydrogen-bond acceptors (Lipinski definition) is 3. The molecule has 0 saturated carbocycles. The third-order valence-corrected chi connectivity index (χ3v) is 1.42. The molecule has 0 aromatic carbocycles. The molecule has 0 atom stereocenters. The van der Waals surface area contributed by atoms with Gasteiger partial charge in [-0.1, -0.05) is 18.2 Å². The lowest BCUT2D eigenvalue weighted by molar-refractivity contribution is 1.24. The van der Waals surface area contributed by atoms with Crippen LogP contribution in [-0.4, -0.2) is 19.0 Å². The maximum Gasteiger partial charge on any atom is 0.0580 e. The maximum atomic E-state index is 7.04. The molecule has 0 spiro atoms. The van der Waals surface area contributed by atoms with Crippen LogP contribution in [0.5, 0.6) is 0 Å². The summed E-state index contributed by atoms with van der Waals surface area (Å²) < 4.78 is 0. The molecular weight excluding hydrogens is 150 g/mol. The fraction of sp³-hybridized carbons (Fsp3) is 0.111. The van der Waals surface area contributed by atoms with E-state index in [1.54, 1.807) is 12.3 Å². The van der Waals surface area contributed by atoms with Crippen molar-refractivity contribution in [3.8, 4) is 0 Å². The summed E-state index contributed by atoms with van der Waals surface area (Å²) in [5.74, 6) is 0. The third-order valence-electron chi connectivity index (χ3n) is 1.42. The van der Waals surface area contributed by atoms with E-state index < -0.39 is 0 Å². The molecule has 0 unspecified atom stereocenters. The van der Waals surface area contributed by atoms with Gasteiger partial charge in [-0.05, 0) is 11.6 Å². The van der Waals surface area contributed by atoms with Crippen molar-refractivity contribution in [1.29, 1.82) is 5.41 Å². The second-order valence-electron chi connectivity index (χ2n) is 2.37. The van der Waals surface area contributed by atoms with Crippen molar-refractivity contribution < 1.29 is 0 Å². The van der Waals surface area contributed by atoms with E-state index in [2.05, 4.69) is 4.99 Å². The summed E-state index contributed by atoms with van der Waals surface area (Å²) in [4.78, 5) is 4.03. The first-order valence-electron chi connectivity index (χ1n) is 3.67. The van der Waals surface area contributed by atoms with E-state index in [0.717, 1.165) is 5.57 Å². The van der Waals surface area contributed by atoms with Gasteiger partial charge in [-0.3, -0.25) is 4.99 Å². The van der Waals surface area contributed by atoms with Crippen LogP contribution in [-0.2, 0) is 0 Å². The summed E-state index contributed by atoms with van der Waals surface area (Å²) in [6.07, 6.45) is 10.2. The van der Waals surface area contributed by atoms with Crippen molar-refractivity contribution in [3.05, 3.63) is 35.6 Å². The molecule has 62 valence electrons. The van der Waals surface area contributed by atoms with Crippen LogP contribution in [0.3, 0.4) is 0 Å². The zero-order chi connectivity index (χ0) is 8.81. The Labute approximate surface area is 71.5 Å². The lowest BCUT2D eigenvalue weighted by Crippen LogP contribution is -1.97. The molecule has 3 heteroatoms. The van der Waals surface area contributed by atoms with Crippen LogP contribution >= 0.6 is 0 Å². The normalized spacial score (nSPS) is 31.0. The van der Waals surface area contributed by atoms with Crippen molar-refractivity contribution in [2.24, 2.45) is 10.7 Å². The monoisotopic (exact) mass is 161 g/mol. The molecule has 0 aromatic heterocycles. The molecule has 0 amide bonds. The smallest absolute Gasteiger partial charge is 0.0580 e. The number of hydrogen-bond donors (Lipinski definition) is 2. The van der Waals surface area contributed by atoms with E-state index in [9.17, 15) is 0 Å². The Morgan fingerprint density at radius 1 is 1.58 bits per heavy atom. The fourth-order valence-corrected chi connectivity index (χ4v) is 0.805. The number of nitrogens with zero attached hydrogens (tertiary/aromatic N) is 1. The van der Waals surface area contributed by atoms with Crippen molar-refractivity contribution in [2.45, 2.75) is 0 Å². The minimum absolute atomic E-state index is 0.573. The maximum absolute atomic E-state index is 7.04. The topological polar surface area (TPSA) is 62.2 Å². The van der Waals surface area contributed by atoms with Gasteiger partial charge in [0.05, 0.1) is 6.54 Å². The molecule has 1 aliphatic rings. The highest BCUT2D eigenvalue weighted by molar-refractivity contribution is 5.81. The number of nitrogens with two attached hydrogens (primary N) is 1. The van der Waals surface area contributed by atoms with Crippen LogP contribution in [0.2, 0.25) is 0 Å². The third kappa shape index (κ3) is 2.54. The van der Waals surface area contributed by atoms with Crippen LogP contribution in [0, 0.1) is 5.41 Å². The van der Waals surface area contributed by atoms with Gasteiger partial charge < -0.3 is 11.1 Å². The Bertz CT molecular complexity index is 282. The predicted octanol–water partition coefficient (Wildman–Crippen LogP) is 1.05. The lowest BCUT2D eigenvalue weighted by atomic mass is 10.2. The van der Waals surface area contributed by atoms with Gasteiger partial charge in [-0.15, -0.1) is 0 Å². The Morgan fingerprint density at radius 3 is 3.17 bits per heavy atom. The van der Waals surface area contributed by atoms with Gasteiger partial charge in [0.25, 0.3) is 0 Å². The highest BCUT2D eigenvalue weighted by Gasteiger charge is 1.87. The average molecular weight is 161 g/mol. The Hall–Kier alpha value is -1.64. The van der Waals surface area contributed by atoms with E-state index in [-0.39, 0.29) is 0 Å². The highest BCUT2D eigenvalue weighted by Crippen LogP contribution is 1.96. The molecule has 1 aliphatic heterocycles. The van der Waals surface area contributed by atoms with Crippen LogP contribution in [0.25, 0.3) is 0 Å². The van der Waals surface area contributed by atoms with Crippen molar-refractivity contribution >= 4 is 12.4 Å². The fourth-order valence-electron chi connectivity index (χ4n) is 0.805. The standard InChI is InChI=1S/C9H11N3/c10-6-8-2-1-3-9(11)7-12-5-4-8/h1-4,6-7,10H,5,11H2/b2-1-,8-4-,9-3+,10-6?,12-7-. The molecule has 1 heterocycles. The van der Waals surface area contributed by atoms with Gasteiger partial charge in [0, 0.05) is 18.1 Å². The highest BCUT2D eigenvalue weighted by atomic mass is 14.7. The molecule has 0 aliphatic carbocycles. The van der Waals surface area contributed by atoms with Gasteiger partial charge in [-0.25, -0.2) is 0 Å². The largest absolute Gasteiger partial charge is 0.397 e. The number of allylic oxidation sites excluding steroid dienone is 5. The summed E-state index contributed by atoms with van der Waals surface area (Å²) in [6, 6.07) is 0. The van der Waals surface area contributed by atoms with Gasteiger partial charge >= 0.3 is 0 Å². The van der Waals surface area contributed by atoms with E-state index in [1.807, 2.05) is 18.2 Å². The van der Waals surface area contributed by atoms with Gasteiger partial charge in [-0.2, -0.15) is 0 Å². The second-order valence-corrected chi connectivity index (χ2v) is 2.37. The summed E-state index contributed by atoms with van der Waals surface area (Å²) in [5.41, 5.74) is 7.02. The molecular formula is C9H11N3. The van der Waals surface area contributed by atoms with Crippen molar-refractivity contribution in [2.75, 3.05) is 6.54 Å². The molecule has 0 bridgehead atoms. The molecule has 0 fully saturated rings. The minimum atomic E-state index is 0.573. The Kier molecular flexibility index (Phi) is 3.02. The molecule has 3 nitrogen and oxygen atoms in total. The predicted molar refractivity (Wildman–Crippen MR) is 51.6 cm³/mol. The molecule has 1 rings (SSSR count). The minimum Gasteiger partial charge on any atom is -0.397 e. The lowest BCUT2D eigenvalue weighted by Gasteiger charge is -1.87. The first kappa shape index (κ1) is 8.46. The number of rotatable bonds is 1. The summed E-state index contributed by atoms with van der Waals surface area (Å²) in [7, 11) is 0. The molecule has 0 aromatic rings. The summed E-state index contributed by atoms with van der Waals surface area (Å²) in [5, 5.41) is 7.04. The van der Waals surface area contributed by atoms with E-state index in [0.29, 0.717) is 12.2 Å². The summed E-state index contributed by atoms with van der Waals surface area (Å²) in [6.45, 7) is 0.573. The SMILES string of the molecule is N=CC1=C/C\N=C/C(N)=C\C=C/1. The van der Waals surface area contributed by atoms with Crippen molar-refractivity contribution in [1.82, 2.24) is 0 Å². The Balaban J connectivity index is 2.86. The van der Waals surface area contributed by atoms with Gasteiger partial charge in [0.1, 0.15) is 0 Å². The molecule has 0 saturated heterocycles. The van der Waals surface area contributed by atoms with Gasteiger partial charge in [0.15, 0.2) is 0 Å². The molecule has 3 N–H and O–H groups in total. The molecule has 12 heavy (non-hydrogen) atoms.